The van der Waals surface area contributed by atoms with Gasteiger partial charge in [-0.05, 0) is 38.7 Å². The van der Waals surface area contributed by atoms with E-state index in [-0.39, 0.29) is 22.8 Å². The number of urea groups is 1. The number of thiophene rings is 1. The first-order valence-corrected chi connectivity index (χ1v) is 10.5. The van der Waals surface area contributed by atoms with Gasteiger partial charge in [-0.25, -0.2) is 9.59 Å². The van der Waals surface area contributed by atoms with Crippen molar-refractivity contribution >= 4 is 27.6 Å². The minimum atomic E-state index is -0.348. The Kier molecular flexibility index (Phi) is 4.41. The zero-order valence-electron chi connectivity index (χ0n) is 16.1. The summed E-state index contributed by atoms with van der Waals surface area (Å²) in [5.41, 5.74) is 0.198. The molecule has 2 fully saturated rings. The van der Waals surface area contributed by atoms with Crippen LogP contribution in [-0.2, 0) is 18.6 Å². The van der Waals surface area contributed by atoms with Gasteiger partial charge in [-0.15, -0.1) is 11.3 Å². The molecule has 0 bridgehead atoms. The topological polar surface area (TPSA) is 76.3 Å². The van der Waals surface area contributed by atoms with Crippen molar-refractivity contribution in [2.75, 3.05) is 13.1 Å². The number of carbonyl (C=O) groups is 1. The minimum Gasteiger partial charge on any atom is -0.336 e. The number of aryl methyl sites for hydroxylation is 2. The summed E-state index contributed by atoms with van der Waals surface area (Å²) in [6.07, 6.45) is 3.61. The average molecular weight is 391 g/mol. The second kappa shape index (κ2) is 6.51. The highest BCUT2D eigenvalue weighted by Crippen LogP contribution is 2.41. The molecule has 1 saturated carbocycles. The highest BCUT2D eigenvalue weighted by atomic mass is 32.1. The molecule has 0 spiro atoms. The third kappa shape index (κ3) is 2.90. The Hall–Kier alpha value is -2.09. The minimum absolute atomic E-state index is 0.0712. The lowest BCUT2D eigenvalue weighted by Crippen LogP contribution is -2.44. The largest absolute Gasteiger partial charge is 0.336 e. The first kappa shape index (κ1) is 18.3. The van der Waals surface area contributed by atoms with Gasteiger partial charge < -0.3 is 10.2 Å². The first-order chi connectivity index (χ1) is 12.9. The van der Waals surface area contributed by atoms with E-state index in [2.05, 4.69) is 12.2 Å². The second-order valence-corrected chi connectivity index (χ2v) is 8.99. The van der Waals surface area contributed by atoms with Gasteiger partial charge in [0, 0.05) is 24.5 Å². The number of carbonyl (C=O) groups excluding carboxylic acids is 1. The summed E-state index contributed by atoms with van der Waals surface area (Å²) in [7, 11) is 0. The van der Waals surface area contributed by atoms with Gasteiger partial charge in [0.2, 0.25) is 0 Å². The molecule has 0 unspecified atom stereocenters. The maximum Gasteiger partial charge on any atom is 0.332 e. The SMILES string of the molecule is CCCCn1c(=O)n(C2(C)CC2)c(=O)c2c(C)c(CN3CCNC3=O)sc21. The van der Waals surface area contributed by atoms with Crippen LogP contribution in [0.4, 0.5) is 4.79 Å². The van der Waals surface area contributed by atoms with Crippen LogP contribution in [0.25, 0.3) is 10.2 Å². The summed E-state index contributed by atoms with van der Waals surface area (Å²) in [4.78, 5) is 41.9. The van der Waals surface area contributed by atoms with E-state index in [1.165, 1.54) is 15.9 Å². The van der Waals surface area contributed by atoms with E-state index in [1.54, 1.807) is 9.47 Å². The van der Waals surface area contributed by atoms with Crippen LogP contribution in [0.5, 0.6) is 0 Å². The quantitative estimate of drug-likeness (QED) is 0.823. The molecule has 1 N–H and O–H groups in total. The molecular weight excluding hydrogens is 364 g/mol. The third-order valence-corrected chi connectivity index (χ3v) is 7.14. The van der Waals surface area contributed by atoms with Gasteiger partial charge >= 0.3 is 11.7 Å². The van der Waals surface area contributed by atoms with E-state index in [9.17, 15) is 14.4 Å². The Morgan fingerprint density at radius 2 is 1.96 bits per heavy atom. The third-order valence-electron chi connectivity index (χ3n) is 5.84. The molecule has 1 aliphatic heterocycles. The molecule has 8 heteroatoms. The number of rotatable bonds is 6. The van der Waals surface area contributed by atoms with Crippen molar-refractivity contribution in [3.8, 4) is 0 Å². The molecule has 2 aliphatic rings. The highest BCUT2D eigenvalue weighted by Gasteiger charge is 2.43. The van der Waals surface area contributed by atoms with Crippen LogP contribution in [0.15, 0.2) is 9.59 Å². The summed E-state index contributed by atoms with van der Waals surface area (Å²) in [6.45, 7) is 8.44. The summed E-state index contributed by atoms with van der Waals surface area (Å²) in [5.74, 6) is 0. The molecular formula is C19H26N4O3S. The Morgan fingerprint density at radius 3 is 2.56 bits per heavy atom. The van der Waals surface area contributed by atoms with Crippen molar-refractivity contribution in [2.45, 2.75) is 65.1 Å². The van der Waals surface area contributed by atoms with Gasteiger partial charge in [0.25, 0.3) is 5.56 Å². The normalized spacial score (nSPS) is 18.3. The standard InChI is InChI=1S/C19H26N4O3S/c1-4-5-9-22-16-14(15(24)23(18(22)26)19(3)6-7-19)12(2)13(27-16)11-21-10-8-20-17(21)25/h4-11H2,1-3H3,(H,20,25). The van der Waals surface area contributed by atoms with Crippen LogP contribution in [0.3, 0.4) is 0 Å². The molecule has 0 atom stereocenters. The number of hydrogen-bond acceptors (Lipinski definition) is 4. The fourth-order valence-electron chi connectivity index (χ4n) is 3.77. The lowest BCUT2D eigenvalue weighted by Gasteiger charge is -2.16. The number of fused-ring (bicyclic) bond motifs is 1. The number of unbranched alkanes of at least 4 members (excludes halogenated alkanes) is 1. The highest BCUT2D eigenvalue weighted by molar-refractivity contribution is 7.18. The zero-order valence-corrected chi connectivity index (χ0v) is 16.9. The van der Waals surface area contributed by atoms with E-state index in [1.807, 2.05) is 13.8 Å². The van der Waals surface area contributed by atoms with Crippen molar-refractivity contribution in [3.05, 3.63) is 31.3 Å². The van der Waals surface area contributed by atoms with E-state index in [0.29, 0.717) is 31.6 Å². The Balaban J connectivity index is 1.91. The molecule has 1 saturated heterocycles. The Morgan fingerprint density at radius 1 is 1.22 bits per heavy atom. The van der Waals surface area contributed by atoms with Crippen LogP contribution in [0, 0.1) is 6.92 Å². The summed E-state index contributed by atoms with van der Waals surface area (Å²) in [6, 6.07) is -0.0712. The zero-order chi connectivity index (χ0) is 19.3. The van der Waals surface area contributed by atoms with Gasteiger partial charge in [0.1, 0.15) is 4.83 Å². The van der Waals surface area contributed by atoms with E-state index >= 15 is 0 Å². The molecule has 3 heterocycles. The van der Waals surface area contributed by atoms with Crippen molar-refractivity contribution in [2.24, 2.45) is 0 Å². The molecule has 2 aromatic rings. The molecule has 2 amide bonds. The molecule has 1 aliphatic carbocycles. The molecule has 4 rings (SSSR count). The maximum atomic E-state index is 13.3. The van der Waals surface area contributed by atoms with Crippen molar-refractivity contribution in [1.82, 2.24) is 19.4 Å². The number of hydrogen-bond donors (Lipinski definition) is 1. The molecule has 27 heavy (non-hydrogen) atoms. The van der Waals surface area contributed by atoms with Crippen molar-refractivity contribution < 1.29 is 4.79 Å². The van der Waals surface area contributed by atoms with Crippen LogP contribution in [-0.4, -0.2) is 33.2 Å². The maximum absolute atomic E-state index is 13.3. The lowest BCUT2D eigenvalue weighted by molar-refractivity contribution is 0.216. The van der Waals surface area contributed by atoms with Gasteiger partial charge in [-0.2, -0.15) is 0 Å². The number of aromatic nitrogens is 2. The van der Waals surface area contributed by atoms with Crippen LogP contribution < -0.4 is 16.6 Å². The van der Waals surface area contributed by atoms with Gasteiger partial charge in [0.15, 0.2) is 0 Å². The second-order valence-electron chi connectivity index (χ2n) is 7.91. The lowest BCUT2D eigenvalue weighted by atomic mass is 10.2. The van der Waals surface area contributed by atoms with Crippen LogP contribution in [0.2, 0.25) is 0 Å². The fraction of sp³-hybridized carbons (Fsp3) is 0.632. The monoisotopic (exact) mass is 390 g/mol. The molecule has 0 radical (unpaired) electrons. The van der Waals surface area contributed by atoms with Gasteiger partial charge in [-0.1, -0.05) is 13.3 Å². The number of amides is 2. The van der Waals surface area contributed by atoms with Crippen LogP contribution in [0.1, 0.15) is 50.0 Å². The Labute approximate surface area is 161 Å². The molecule has 2 aromatic heterocycles. The summed E-state index contributed by atoms with van der Waals surface area (Å²) >= 11 is 1.49. The Bertz CT molecular complexity index is 1030. The van der Waals surface area contributed by atoms with E-state index in [4.69, 9.17) is 0 Å². The van der Waals surface area contributed by atoms with Gasteiger partial charge in [-0.3, -0.25) is 13.9 Å². The predicted octanol–water partition coefficient (Wildman–Crippen LogP) is 2.37. The predicted molar refractivity (Wildman–Crippen MR) is 107 cm³/mol. The molecule has 146 valence electrons. The molecule has 0 aromatic carbocycles. The summed E-state index contributed by atoms with van der Waals surface area (Å²) in [5, 5.41) is 3.46. The first-order valence-electron chi connectivity index (χ1n) is 9.68. The summed E-state index contributed by atoms with van der Waals surface area (Å²) < 4.78 is 3.27. The van der Waals surface area contributed by atoms with Crippen LogP contribution >= 0.6 is 11.3 Å². The smallest absolute Gasteiger partial charge is 0.332 e. The van der Waals surface area contributed by atoms with E-state index < -0.39 is 0 Å². The van der Waals surface area contributed by atoms with Gasteiger partial charge in [0.05, 0.1) is 17.5 Å². The fourth-order valence-corrected chi connectivity index (χ4v) is 5.10. The van der Waals surface area contributed by atoms with E-state index in [0.717, 1.165) is 41.0 Å². The molecule has 7 nitrogen and oxygen atoms in total. The van der Waals surface area contributed by atoms with Crippen molar-refractivity contribution in [3.63, 3.8) is 0 Å². The van der Waals surface area contributed by atoms with Crippen molar-refractivity contribution in [1.29, 1.82) is 0 Å². The number of nitrogens with zero attached hydrogens (tertiary/aromatic N) is 3. The number of nitrogens with one attached hydrogen (secondary N) is 1. The average Bonchev–Trinajstić information content (AvgIpc) is 3.09.